The van der Waals surface area contributed by atoms with Crippen LogP contribution in [0.4, 0.5) is 13.2 Å². The molecule has 0 spiro atoms. The molecular formula is C22H18BrF3N2O3. The summed E-state index contributed by atoms with van der Waals surface area (Å²) in [6.07, 6.45) is -4.88. The minimum atomic E-state index is -4.54. The van der Waals surface area contributed by atoms with Crippen LogP contribution in [0.15, 0.2) is 59.1 Å². The van der Waals surface area contributed by atoms with Crippen molar-refractivity contribution in [1.29, 1.82) is 5.26 Å². The molecule has 3 rings (SSSR count). The van der Waals surface area contributed by atoms with E-state index in [4.69, 9.17) is 9.47 Å². The molecule has 0 amide bonds. The van der Waals surface area contributed by atoms with E-state index in [0.717, 1.165) is 6.08 Å². The Labute approximate surface area is 185 Å². The monoisotopic (exact) mass is 494 g/mol. The van der Waals surface area contributed by atoms with E-state index in [-0.39, 0.29) is 11.6 Å². The normalized spacial score (nSPS) is 21.0. The van der Waals surface area contributed by atoms with Crippen LogP contribution in [0, 0.1) is 28.6 Å². The molecule has 1 unspecified atom stereocenters. The number of allylic oxidation sites excluding steroid dienone is 2. The number of para-hydroxylation sites is 1. The summed E-state index contributed by atoms with van der Waals surface area (Å²) < 4.78 is 48.4. The topological polar surface area (TPSA) is 72.2 Å². The van der Waals surface area contributed by atoms with Gasteiger partial charge in [-0.1, -0.05) is 44.2 Å². The van der Waals surface area contributed by atoms with E-state index in [1.165, 1.54) is 6.07 Å². The van der Waals surface area contributed by atoms with Crippen molar-refractivity contribution >= 4 is 21.9 Å². The minimum Gasteiger partial charge on any atom is -0.440 e. The van der Waals surface area contributed by atoms with Gasteiger partial charge >= 0.3 is 12.1 Å². The van der Waals surface area contributed by atoms with E-state index in [0.29, 0.717) is 5.75 Å². The third-order valence-corrected chi connectivity index (χ3v) is 5.81. The zero-order valence-corrected chi connectivity index (χ0v) is 18.1. The lowest BCUT2D eigenvalue weighted by Crippen LogP contribution is -2.15. The summed E-state index contributed by atoms with van der Waals surface area (Å²) in [7, 11) is 0. The summed E-state index contributed by atoms with van der Waals surface area (Å²) >= 11 is 2.51. The number of hydrogen-bond acceptors (Lipinski definition) is 5. The molecule has 0 saturated heterocycles. The third kappa shape index (κ3) is 5.25. The predicted octanol–water partition coefficient (Wildman–Crippen LogP) is 6.10. The van der Waals surface area contributed by atoms with Crippen LogP contribution in [0.1, 0.15) is 25.6 Å². The molecule has 1 fully saturated rings. The van der Waals surface area contributed by atoms with Crippen molar-refractivity contribution < 1.29 is 27.4 Å². The molecule has 5 nitrogen and oxygen atoms in total. The van der Waals surface area contributed by atoms with E-state index in [9.17, 15) is 23.2 Å². The van der Waals surface area contributed by atoms with Crippen LogP contribution >= 0.6 is 15.9 Å². The first-order chi connectivity index (χ1) is 14.5. The van der Waals surface area contributed by atoms with Crippen molar-refractivity contribution in [2.75, 3.05) is 0 Å². The van der Waals surface area contributed by atoms with Gasteiger partial charge in [-0.05, 0) is 45.5 Å². The number of rotatable bonds is 6. The number of halogens is 4. The van der Waals surface area contributed by atoms with Crippen LogP contribution in [-0.2, 0) is 9.53 Å². The molecule has 162 valence electrons. The summed E-state index contributed by atoms with van der Waals surface area (Å²) in [4.78, 5) is 16.8. The van der Waals surface area contributed by atoms with Gasteiger partial charge in [-0.2, -0.15) is 18.4 Å². The fraction of sp³-hybridized carbons (Fsp3) is 0.318. The highest BCUT2D eigenvalue weighted by Crippen LogP contribution is 2.60. The summed E-state index contributed by atoms with van der Waals surface area (Å²) in [6.45, 7) is 3.34. The number of hydrogen-bond donors (Lipinski definition) is 0. The number of nitriles is 1. The van der Waals surface area contributed by atoms with Gasteiger partial charge in [0.1, 0.15) is 11.8 Å². The summed E-state index contributed by atoms with van der Waals surface area (Å²) in [5.74, 6) is -1.47. The lowest BCUT2D eigenvalue weighted by molar-refractivity contribution is -0.149. The van der Waals surface area contributed by atoms with Crippen molar-refractivity contribution in [2.24, 2.45) is 17.3 Å². The molecule has 9 heteroatoms. The van der Waals surface area contributed by atoms with Gasteiger partial charge in [-0.15, -0.1) is 0 Å². The maximum absolute atomic E-state index is 12.8. The van der Waals surface area contributed by atoms with Gasteiger partial charge in [-0.3, -0.25) is 4.79 Å². The molecule has 0 N–H and O–H groups in total. The molecule has 3 atom stereocenters. The van der Waals surface area contributed by atoms with E-state index >= 15 is 0 Å². The quantitative estimate of drug-likeness (QED) is 0.454. The molecule has 1 heterocycles. The van der Waals surface area contributed by atoms with Crippen LogP contribution in [0.25, 0.3) is 0 Å². The number of pyridine rings is 1. The minimum absolute atomic E-state index is 0.159. The van der Waals surface area contributed by atoms with Gasteiger partial charge in [0.15, 0.2) is 0 Å². The van der Waals surface area contributed by atoms with Crippen molar-refractivity contribution in [3.63, 3.8) is 0 Å². The van der Waals surface area contributed by atoms with Crippen LogP contribution in [0.5, 0.6) is 11.6 Å². The fourth-order valence-electron chi connectivity index (χ4n) is 3.28. The first-order valence-corrected chi connectivity index (χ1v) is 10.1. The number of nitrogens with zero attached hydrogens (tertiary/aromatic N) is 2. The second-order valence-electron chi connectivity index (χ2n) is 7.60. The van der Waals surface area contributed by atoms with Gasteiger partial charge in [0, 0.05) is 6.07 Å². The number of carbonyl (C=O) groups excluding carboxylic acids is 1. The summed E-state index contributed by atoms with van der Waals surface area (Å²) in [5, 5.41) is 9.48. The van der Waals surface area contributed by atoms with Gasteiger partial charge in [0.05, 0.1) is 16.1 Å². The Balaban J connectivity index is 1.72. The number of alkyl halides is 3. The van der Waals surface area contributed by atoms with Crippen LogP contribution in [0.3, 0.4) is 0 Å². The Bertz CT molecular complexity index is 1030. The first kappa shape index (κ1) is 22.8. The Morgan fingerprint density at radius 2 is 1.90 bits per heavy atom. The Kier molecular flexibility index (Phi) is 6.41. The molecule has 1 aromatic carbocycles. The van der Waals surface area contributed by atoms with Crippen LogP contribution < -0.4 is 4.74 Å². The van der Waals surface area contributed by atoms with Crippen molar-refractivity contribution in [3.8, 4) is 17.7 Å². The van der Waals surface area contributed by atoms with Crippen molar-refractivity contribution in [2.45, 2.75) is 26.1 Å². The summed E-state index contributed by atoms with van der Waals surface area (Å²) in [6, 6.07) is 15.4. The Hall–Kier alpha value is -2.86. The molecule has 31 heavy (non-hydrogen) atoms. The molecule has 1 aliphatic rings. The van der Waals surface area contributed by atoms with E-state index < -0.39 is 40.0 Å². The molecule has 1 aromatic heterocycles. The van der Waals surface area contributed by atoms with Crippen LogP contribution in [-0.4, -0.2) is 17.1 Å². The van der Waals surface area contributed by atoms with Crippen molar-refractivity contribution in [3.05, 3.63) is 64.8 Å². The van der Waals surface area contributed by atoms with Gasteiger partial charge in [0.25, 0.3) is 0 Å². The lowest BCUT2D eigenvalue weighted by atomic mass is 10.1. The number of benzene rings is 1. The average molecular weight is 495 g/mol. The smallest absolute Gasteiger partial charge is 0.422 e. The Morgan fingerprint density at radius 1 is 1.23 bits per heavy atom. The van der Waals surface area contributed by atoms with E-state index in [1.54, 1.807) is 50.2 Å². The molecular weight excluding hydrogens is 477 g/mol. The SMILES string of the molecule is CC1(C)[C@H](C=C(Br)C(F)(F)F)[C@@H]1C(=O)OC(C#N)c1cccc(Oc2ccccc2)n1. The molecule has 0 radical (unpaired) electrons. The number of esters is 1. The number of ether oxygens (including phenoxy) is 2. The standard InChI is InChI=1S/C22H18BrF3N2O3/c1-21(2)14(11-17(23)22(24,25)26)19(21)20(29)31-16(12-27)15-9-6-10-18(28-15)30-13-7-4-3-5-8-13/h3-11,14,16,19H,1-2H3/t14-,16?,19-/m1/s1. The zero-order valence-electron chi connectivity index (χ0n) is 16.6. The molecule has 0 aliphatic heterocycles. The maximum atomic E-state index is 12.8. The second kappa shape index (κ2) is 8.71. The molecule has 2 aromatic rings. The highest BCUT2D eigenvalue weighted by Gasteiger charge is 2.62. The largest absolute Gasteiger partial charge is 0.440 e. The molecule has 0 bridgehead atoms. The second-order valence-corrected chi connectivity index (χ2v) is 8.45. The highest BCUT2D eigenvalue weighted by atomic mass is 79.9. The number of carbonyl (C=O) groups is 1. The highest BCUT2D eigenvalue weighted by molar-refractivity contribution is 9.11. The Morgan fingerprint density at radius 3 is 2.52 bits per heavy atom. The van der Waals surface area contributed by atoms with E-state index in [1.807, 2.05) is 12.1 Å². The van der Waals surface area contributed by atoms with Gasteiger partial charge in [0.2, 0.25) is 12.0 Å². The third-order valence-electron chi connectivity index (χ3n) is 5.09. The molecule has 1 saturated carbocycles. The van der Waals surface area contributed by atoms with E-state index in [2.05, 4.69) is 20.9 Å². The zero-order chi connectivity index (χ0) is 22.8. The van der Waals surface area contributed by atoms with Gasteiger partial charge in [-0.25, -0.2) is 4.98 Å². The predicted molar refractivity (Wildman–Crippen MR) is 109 cm³/mol. The maximum Gasteiger partial charge on any atom is 0.422 e. The molecule has 1 aliphatic carbocycles. The number of aromatic nitrogens is 1. The first-order valence-electron chi connectivity index (χ1n) is 9.28. The fourth-order valence-corrected chi connectivity index (χ4v) is 3.56. The van der Waals surface area contributed by atoms with Gasteiger partial charge < -0.3 is 9.47 Å². The summed E-state index contributed by atoms with van der Waals surface area (Å²) in [5.41, 5.74) is -0.570. The average Bonchev–Trinajstić information content (AvgIpc) is 3.26. The lowest BCUT2D eigenvalue weighted by Gasteiger charge is -2.12. The van der Waals surface area contributed by atoms with Crippen LogP contribution in [0.2, 0.25) is 0 Å². The van der Waals surface area contributed by atoms with Crippen molar-refractivity contribution in [1.82, 2.24) is 4.98 Å².